The number of nitrogens with zero attached hydrogens (tertiary/aromatic N) is 3. The average Bonchev–Trinajstić information content (AvgIpc) is 3.29. The number of hydrogen-bond donors (Lipinski definition) is 2. The first kappa shape index (κ1) is 22.0. The number of rotatable bonds is 8. The van der Waals surface area contributed by atoms with Crippen LogP contribution in [0.25, 0.3) is 22.5 Å². The van der Waals surface area contributed by atoms with Gasteiger partial charge in [0.15, 0.2) is 5.16 Å². The molecule has 0 aliphatic rings. The molecule has 1 amide bonds. The summed E-state index contributed by atoms with van der Waals surface area (Å²) in [6, 6.07) is 25.6. The summed E-state index contributed by atoms with van der Waals surface area (Å²) in [5.74, 6) is -0.176. The van der Waals surface area contributed by atoms with Gasteiger partial charge in [0, 0.05) is 23.3 Å². The Kier molecular flexibility index (Phi) is 6.91. The number of nitro benzene ring substituents is 1. The second kappa shape index (κ2) is 10.4. The van der Waals surface area contributed by atoms with E-state index in [1.807, 2.05) is 60.7 Å². The highest BCUT2D eigenvalue weighted by Gasteiger charge is 2.15. The van der Waals surface area contributed by atoms with Gasteiger partial charge in [0.05, 0.1) is 28.3 Å². The van der Waals surface area contributed by atoms with Crippen molar-refractivity contribution in [2.45, 2.75) is 5.16 Å². The predicted octanol–water partition coefficient (Wildman–Crippen LogP) is 4.89. The maximum atomic E-state index is 12.2. The number of carbonyl (C=O) groups excluding carboxylic acids is 1. The summed E-state index contributed by atoms with van der Waals surface area (Å²) in [7, 11) is 0. The first-order chi connectivity index (χ1) is 16.1. The van der Waals surface area contributed by atoms with Gasteiger partial charge in [-0.05, 0) is 17.7 Å². The molecule has 0 bridgehead atoms. The van der Waals surface area contributed by atoms with E-state index in [1.54, 1.807) is 12.1 Å². The molecule has 0 aliphatic carbocycles. The maximum absolute atomic E-state index is 12.2. The van der Waals surface area contributed by atoms with Gasteiger partial charge in [-0.3, -0.25) is 14.9 Å². The van der Waals surface area contributed by atoms with Crippen molar-refractivity contribution < 1.29 is 9.72 Å². The fourth-order valence-electron chi connectivity index (χ4n) is 3.07. The van der Waals surface area contributed by atoms with Crippen LogP contribution < -0.4 is 5.43 Å². The van der Waals surface area contributed by atoms with Crippen LogP contribution in [-0.2, 0) is 4.79 Å². The van der Waals surface area contributed by atoms with Crippen LogP contribution in [0.2, 0.25) is 0 Å². The van der Waals surface area contributed by atoms with Gasteiger partial charge in [-0.25, -0.2) is 10.4 Å². The molecule has 164 valence electrons. The van der Waals surface area contributed by atoms with E-state index in [0.29, 0.717) is 10.7 Å². The third-order valence-electron chi connectivity index (χ3n) is 4.64. The van der Waals surface area contributed by atoms with Crippen molar-refractivity contribution in [3.8, 4) is 22.5 Å². The Labute approximate surface area is 193 Å². The van der Waals surface area contributed by atoms with E-state index in [9.17, 15) is 14.9 Å². The Bertz CT molecular complexity index is 1220. The molecule has 0 spiro atoms. The molecule has 3 aromatic carbocycles. The molecule has 0 radical (unpaired) electrons. The van der Waals surface area contributed by atoms with Crippen molar-refractivity contribution in [1.82, 2.24) is 15.4 Å². The summed E-state index contributed by atoms with van der Waals surface area (Å²) >= 11 is 1.28. The SMILES string of the molecule is O=C(CSc1nc(-c2ccccc2)c(-c2ccccc2)[nH]1)N/N=C/c1ccc([N+](=O)[O-])cc1. The summed E-state index contributed by atoms with van der Waals surface area (Å²) < 4.78 is 0. The Morgan fingerprint density at radius 1 is 1.00 bits per heavy atom. The first-order valence-electron chi connectivity index (χ1n) is 10.00. The van der Waals surface area contributed by atoms with Crippen LogP contribution in [0.5, 0.6) is 0 Å². The van der Waals surface area contributed by atoms with E-state index in [-0.39, 0.29) is 17.3 Å². The summed E-state index contributed by atoms with van der Waals surface area (Å²) in [5.41, 5.74) is 6.79. The second-order valence-corrected chi connectivity index (χ2v) is 7.89. The highest BCUT2D eigenvalue weighted by atomic mass is 32.2. The Morgan fingerprint density at radius 3 is 2.27 bits per heavy atom. The van der Waals surface area contributed by atoms with E-state index in [2.05, 4.69) is 15.5 Å². The maximum Gasteiger partial charge on any atom is 0.269 e. The molecule has 0 fully saturated rings. The minimum absolute atomic E-state index is 0.00391. The lowest BCUT2D eigenvalue weighted by Gasteiger charge is -2.02. The average molecular weight is 458 g/mol. The van der Waals surface area contributed by atoms with Gasteiger partial charge in [0.25, 0.3) is 11.6 Å². The van der Waals surface area contributed by atoms with Crippen molar-refractivity contribution in [1.29, 1.82) is 0 Å². The number of nitro groups is 1. The highest BCUT2D eigenvalue weighted by Crippen LogP contribution is 2.32. The van der Waals surface area contributed by atoms with Gasteiger partial charge in [-0.15, -0.1) is 0 Å². The minimum Gasteiger partial charge on any atom is -0.332 e. The zero-order chi connectivity index (χ0) is 23.0. The van der Waals surface area contributed by atoms with Crippen molar-refractivity contribution in [3.63, 3.8) is 0 Å². The summed E-state index contributed by atoms with van der Waals surface area (Å²) in [4.78, 5) is 30.5. The summed E-state index contributed by atoms with van der Waals surface area (Å²) in [5, 5.41) is 15.2. The predicted molar refractivity (Wildman–Crippen MR) is 129 cm³/mol. The molecule has 0 saturated carbocycles. The third-order valence-corrected chi connectivity index (χ3v) is 5.51. The normalized spacial score (nSPS) is 10.9. The van der Waals surface area contributed by atoms with Crippen LogP contribution in [0.4, 0.5) is 5.69 Å². The van der Waals surface area contributed by atoms with E-state index in [1.165, 1.54) is 30.1 Å². The standard InChI is InChI=1S/C24H19N5O3S/c30-21(28-25-15-17-11-13-20(14-12-17)29(31)32)16-33-24-26-22(18-7-3-1-4-8-18)23(27-24)19-9-5-2-6-10-19/h1-15H,16H2,(H,26,27)(H,28,30)/b25-15+. The van der Waals surface area contributed by atoms with E-state index < -0.39 is 4.92 Å². The number of thioether (sulfide) groups is 1. The van der Waals surface area contributed by atoms with E-state index in [4.69, 9.17) is 4.98 Å². The Hall–Kier alpha value is -4.24. The van der Waals surface area contributed by atoms with Gasteiger partial charge in [0.2, 0.25) is 0 Å². The molecule has 9 heteroatoms. The topological polar surface area (TPSA) is 113 Å². The third kappa shape index (κ3) is 5.72. The molecule has 1 heterocycles. The molecular formula is C24H19N5O3S. The number of amides is 1. The fourth-order valence-corrected chi connectivity index (χ4v) is 3.73. The Morgan fingerprint density at radius 2 is 1.64 bits per heavy atom. The molecule has 0 saturated heterocycles. The lowest BCUT2D eigenvalue weighted by Crippen LogP contribution is -2.19. The number of non-ortho nitro benzene ring substituents is 1. The van der Waals surface area contributed by atoms with Gasteiger partial charge < -0.3 is 4.98 Å². The summed E-state index contributed by atoms with van der Waals surface area (Å²) in [6.07, 6.45) is 1.43. The number of aromatic amines is 1. The van der Waals surface area contributed by atoms with E-state index >= 15 is 0 Å². The van der Waals surface area contributed by atoms with Gasteiger partial charge in [-0.1, -0.05) is 72.4 Å². The van der Waals surface area contributed by atoms with Crippen LogP contribution in [0.15, 0.2) is 95.2 Å². The van der Waals surface area contributed by atoms with Crippen molar-refractivity contribution >= 4 is 29.6 Å². The molecule has 33 heavy (non-hydrogen) atoms. The van der Waals surface area contributed by atoms with E-state index in [0.717, 1.165) is 22.5 Å². The van der Waals surface area contributed by atoms with Crippen molar-refractivity contribution in [2.75, 3.05) is 5.75 Å². The highest BCUT2D eigenvalue weighted by molar-refractivity contribution is 7.99. The minimum atomic E-state index is -0.471. The number of carbonyl (C=O) groups is 1. The van der Waals surface area contributed by atoms with Gasteiger partial charge in [-0.2, -0.15) is 5.10 Å². The molecule has 1 aromatic heterocycles. The monoisotopic (exact) mass is 457 g/mol. The first-order valence-corrected chi connectivity index (χ1v) is 11.0. The number of aromatic nitrogens is 2. The largest absolute Gasteiger partial charge is 0.332 e. The summed E-state index contributed by atoms with van der Waals surface area (Å²) in [6.45, 7) is 0. The quantitative estimate of drug-likeness (QED) is 0.169. The number of nitrogens with one attached hydrogen (secondary N) is 2. The Balaban J connectivity index is 1.41. The molecule has 4 rings (SSSR count). The zero-order valence-corrected chi connectivity index (χ0v) is 18.2. The number of benzene rings is 3. The van der Waals surface area contributed by atoms with Gasteiger partial charge >= 0.3 is 0 Å². The number of imidazole rings is 1. The fraction of sp³-hybridized carbons (Fsp3) is 0.0417. The van der Waals surface area contributed by atoms with Gasteiger partial charge in [0.1, 0.15) is 0 Å². The van der Waals surface area contributed by atoms with Crippen LogP contribution >= 0.6 is 11.8 Å². The lowest BCUT2D eigenvalue weighted by molar-refractivity contribution is -0.384. The molecule has 0 unspecified atom stereocenters. The van der Waals surface area contributed by atoms with Crippen LogP contribution in [0, 0.1) is 10.1 Å². The van der Waals surface area contributed by atoms with Crippen LogP contribution in [0.1, 0.15) is 5.56 Å². The smallest absolute Gasteiger partial charge is 0.269 e. The zero-order valence-electron chi connectivity index (χ0n) is 17.3. The molecule has 2 N–H and O–H groups in total. The second-order valence-electron chi connectivity index (χ2n) is 6.93. The molecule has 0 atom stereocenters. The van der Waals surface area contributed by atoms with Crippen LogP contribution in [-0.4, -0.2) is 32.8 Å². The van der Waals surface area contributed by atoms with Crippen LogP contribution in [0.3, 0.4) is 0 Å². The molecular weight excluding hydrogens is 438 g/mol. The molecule has 0 aliphatic heterocycles. The molecule has 8 nitrogen and oxygen atoms in total. The number of H-pyrrole nitrogens is 1. The van der Waals surface area contributed by atoms with Crippen molar-refractivity contribution in [3.05, 3.63) is 101 Å². The lowest BCUT2D eigenvalue weighted by atomic mass is 10.1. The number of hydrazone groups is 1. The van der Waals surface area contributed by atoms with Crippen molar-refractivity contribution in [2.24, 2.45) is 5.10 Å². The number of hydrogen-bond acceptors (Lipinski definition) is 6. The molecule has 4 aromatic rings.